The maximum absolute atomic E-state index is 5.17. The molecule has 0 aliphatic rings. The minimum absolute atomic E-state index is 0.612. The van der Waals surface area contributed by atoms with Gasteiger partial charge in [0.05, 0.1) is 44.1 Å². The highest BCUT2D eigenvalue weighted by molar-refractivity contribution is 6.15. The van der Waals surface area contributed by atoms with Gasteiger partial charge in [-0.25, -0.2) is 29.9 Å². The van der Waals surface area contributed by atoms with Crippen LogP contribution >= 0.6 is 0 Å². The Morgan fingerprint density at radius 3 is 0.774 bits per heavy atom. The molecule has 0 bridgehead atoms. The molecule has 124 heavy (non-hydrogen) atoms. The molecule has 0 N–H and O–H groups in total. The summed E-state index contributed by atoms with van der Waals surface area (Å²) in [6.45, 7) is 0. The SMILES string of the molecule is c1ccc(-c2cc(-c3nc(-c4ccccc4)nc(-c4ccccc4)n3)cc(-n3c4ccccc4c4ccc(-c5ccc6c(c5)c5ccccc5n6-c5ccccc5)cc43)c2)cc1.c1ccc(-c2ccc(-c3nc(-c4ccccc4)nc(-c4cccc(-n5c6ccccc6c6ccc(-c7ccc8c(c7)c7ccccc7n8-c7ccccc7)cc65)c4)n3)cc2)cc1. The highest BCUT2D eigenvalue weighted by atomic mass is 15.1. The summed E-state index contributed by atoms with van der Waals surface area (Å²) in [6, 6.07) is 159. The zero-order valence-corrected chi connectivity index (χ0v) is 67.2. The second kappa shape index (κ2) is 30.8. The Balaban J connectivity index is 0.000000143. The van der Waals surface area contributed by atoms with Crippen molar-refractivity contribution in [3.63, 3.8) is 0 Å². The predicted molar refractivity (Wildman–Crippen MR) is 511 cm³/mol. The largest absolute Gasteiger partial charge is 0.309 e. The summed E-state index contributed by atoms with van der Waals surface area (Å²) in [7, 11) is 0. The maximum atomic E-state index is 5.17. The summed E-state index contributed by atoms with van der Waals surface area (Å²) in [6.07, 6.45) is 0. The fraction of sp³-hybridized carbons (Fsp3) is 0. The minimum atomic E-state index is 0.612. The number of hydrogen-bond acceptors (Lipinski definition) is 6. The van der Waals surface area contributed by atoms with Crippen molar-refractivity contribution in [2.75, 3.05) is 0 Å². The molecule has 24 rings (SSSR count). The normalized spacial score (nSPS) is 11.5. The van der Waals surface area contributed by atoms with Gasteiger partial charge in [-0.2, -0.15) is 0 Å². The molecule has 0 fully saturated rings. The van der Waals surface area contributed by atoms with E-state index in [-0.39, 0.29) is 0 Å². The third kappa shape index (κ3) is 13.1. The molecular formula is C114H74N10. The third-order valence-electron chi connectivity index (χ3n) is 23.9. The first kappa shape index (κ1) is 72.4. The number of aromatic nitrogens is 10. The van der Waals surface area contributed by atoms with Gasteiger partial charge in [0.1, 0.15) is 0 Å². The van der Waals surface area contributed by atoms with Crippen molar-refractivity contribution in [1.82, 2.24) is 48.2 Å². The Morgan fingerprint density at radius 1 is 0.113 bits per heavy atom. The van der Waals surface area contributed by atoms with Gasteiger partial charge >= 0.3 is 0 Å². The molecular weight excluding hydrogens is 1510 g/mol. The van der Waals surface area contributed by atoms with E-state index in [1.54, 1.807) is 0 Å². The Kier molecular flexibility index (Phi) is 18.0. The molecule has 0 aliphatic carbocycles. The Hall–Kier alpha value is -16.8. The molecule has 10 nitrogen and oxygen atoms in total. The van der Waals surface area contributed by atoms with Gasteiger partial charge in [0.25, 0.3) is 0 Å². The quantitative estimate of drug-likeness (QED) is 0.108. The van der Waals surface area contributed by atoms with Crippen LogP contribution in [0.3, 0.4) is 0 Å². The Morgan fingerprint density at radius 2 is 0.355 bits per heavy atom. The molecule has 0 amide bonds. The van der Waals surface area contributed by atoms with Crippen LogP contribution in [0.5, 0.6) is 0 Å². The fourth-order valence-corrected chi connectivity index (χ4v) is 18.1. The van der Waals surface area contributed by atoms with Crippen molar-refractivity contribution >= 4 is 87.2 Å². The van der Waals surface area contributed by atoms with Crippen molar-refractivity contribution in [3.8, 4) is 136 Å². The van der Waals surface area contributed by atoms with Crippen LogP contribution in [0.4, 0.5) is 0 Å². The number of para-hydroxylation sites is 6. The first-order valence-electron chi connectivity index (χ1n) is 41.9. The van der Waals surface area contributed by atoms with Gasteiger partial charge in [0.2, 0.25) is 0 Å². The molecule has 0 saturated carbocycles. The van der Waals surface area contributed by atoms with Crippen molar-refractivity contribution < 1.29 is 0 Å². The highest BCUT2D eigenvalue weighted by Gasteiger charge is 2.23. The summed E-state index contributed by atoms with van der Waals surface area (Å²) >= 11 is 0. The lowest BCUT2D eigenvalue weighted by Gasteiger charge is -2.15. The van der Waals surface area contributed by atoms with Crippen molar-refractivity contribution in [2.24, 2.45) is 0 Å². The smallest absolute Gasteiger partial charge is 0.164 e. The summed E-state index contributed by atoms with van der Waals surface area (Å²) in [5, 5.41) is 9.71. The van der Waals surface area contributed by atoms with Crippen molar-refractivity contribution in [1.29, 1.82) is 0 Å². The average molecular weight is 1580 g/mol. The Bertz CT molecular complexity index is 8130. The lowest BCUT2D eigenvalue weighted by molar-refractivity contribution is 1.07. The van der Waals surface area contributed by atoms with E-state index in [0.717, 1.165) is 112 Å². The molecule has 18 aromatic carbocycles. The minimum Gasteiger partial charge on any atom is -0.309 e. The summed E-state index contributed by atoms with van der Waals surface area (Å²) < 4.78 is 9.51. The van der Waals surface area contributed by atoms with Gasteiger partial charge in [-0.15, -0.1) is 0 Å². The van der Waals surface area contributed by atoms with E-state index in [9.17, 15) is 0 Å². The molecule has 6 aromatic heterocycles. The second-order valence-electron chi connectivity index (χ2n) is 31.3. The average Bonchev–Trinajstić information content (AvgIpc) is 1.59. The highest BCUT2D eigenvalue weighted by Crippen LogP contribution is 2.44. The second-order valence-corrected chi connectivity index (χ2v) is 31.3. The summed E-state index contributed by atoms with van der Waals surface area (Å²) in [5.74, 6) is 3.75. The molecule has 580 valence electrons. The van der Waals surface area contributed by atoms with E-state index in [1.165, 1.54) is 76.3 Å². The molecule has 0 saturated heterocycles. The summed E-state index contributed by atoms with van der Waals surface area (Å²) in [4.78, 5) is 30.6. The van der Waals surface area contributed by atoms with Crippen LogP contribution in [0.15, 0.2) is 449 Å². The van der Waals surface area contributed by atoms with Crippen LogP contribution in [-0.2, 0) is 0 Å². The van der Waals surface area contributed by atoms with E-state index in [1.807, 2.05) is 72.8 Å². The standard InChI is InChI=1S/2C57H37N5/c1-5-17-38(18-6-1)43-33-44(57-59-55(39-19-7-2-8-20-39)58-56(60-57)40-21-9-3-10-22-40)35-46(34-43)62-51-27-15-13-25-47(51)49-31-29-42(37-54(49)62)41-30-32-53-50(36-41)48-26-14-16-28-52(48)61(53)45-23-11-4-12-24-45;1-4-15-38(16-5-1)39-27-29-41(30-28-39)56-58-55(40-17-6-2-7-18-40)59-57(60-56)44-19-14-22-46(35-44)62-51-25-12-10-23-47(51)49-33-31-43(37-54(49)62)42-32-34-53-50(36-42)48-24-11-13-26-52(48)61(53)45-20-8-3-9-21-45/h2*1-37H. The van der Waals surface area contributed by atoms with Crippen LogP contribution < -0.4 is 0 Å². The maximum Gasteiger partial charge on any atom is 0.164 e. The molecule has 0 atom stereocenters. The molecule has 24 aromatic rings. The molecule has 0 aliphatic heterocycles. The van der Waals surface area contributed by atoms with Crippen LogP contribution in [-0.4, -0.2) is 48.2 Å². The van der Waals surface area contributed by atoms with Gasteiger partial charge in [-0.3, -0.25) is 0 Å². The molecule has 6 heterocycles. The molecule has 0 radical (unpaired) electrons. The van der Waals surface area contributed by atoms with Gasteiger partial charge in [0, 0.05) is 99.2 Å². The van der Waals surface area contributed by atoms with Crippen molar-refractivity contribution in [2.45, 2.75) is 0 Å². The lowest BCUT2D eigenvalue weighted by Crippen LogP contribution is -2.01. The van der Waals surface area contributed by atoms with Crippen LogP contribution in [0.1, 0.15) is 0 Å². The number of hydrogen-bond donors (Lipinski definition) is 0. The van der Waals surface area contributed by atoms with E-state index in [4.69, 9.17) is 29.9 Å². The summed E-state index contributed by atoms with van der Waals surface area (Å²) in [5.41, 5.74) is 28.3. The van der Waals surface area contributed by atoms with Crippen molar-refractivity contribution in [3.05, 3.63) is 449 Å². The topological polar surface area (TPSA) is 97.1 Å². The fourth-order valence-electron chi connectivity index (χ4n) is 18.1. The first-order valence-corrected chi connectivity index (χ1v) is 41.9. The van der Waals surface area contributed by atoms with E-state index in [0.29, 0.717) is 34.9 Å². The number of fused-ring (bicyclic) bond motifs is 12. The third-order valence-corrected chi connectivity index (χ3v) is 23.9. The molecule has 0 spiro atoms. The Labute approximate surface area is 715 Å². The van der Waals surface area contributed by atoms with Crippen LogP contribution in [0.25, 0.3) is 223 Å². The van der Waals surface area contributed by atoms with E-state index < -0.39 is 0 Å². The predicted octanol–water partition coefficient (Wildman–Crippen LogP) is 28.8. The number of benzene rings is 18. The first-order chi connectivity index (χ1) is 61.5. The monoisotopic (exact) mass is 1580 g/mol. The van der Waals surface area contributed by atoms with E-state index >= 15 is 0 Å². The number of nitrogens with zero attached hydrogens (tertiary/aromatic N) is 10. The van der Waals surface area contributed by atoms with Gasteiger partial charge < -0.3 is 18.3 Å². The zero-order valence-electron chi connectivity index (χ0n) is 67.2. The zero-order chi connectivity index (χ0) is 82.0. The molecule has 0 unspecified atom stereocenters. The molecule has 10 heteroatoms. The van der Waals surface area contributed by atoms with Crippen LogP contribution in [0.2, 0.25) is 0 Å². The van der Waals surface area contributed by atoms with E-state index in [2.05, 4.69) is 394 Å². The lowest BCUT2D eigenvalue weighted by atomic mass is 10.0. The number of rotatable bonds is 14. The van der Waals surface area contributed by atoms with Crippen LogP contribution in [0, 0.1) is 0 Å². The van der Waals surface area contributed by atoms with Gasteiger partial charge in [-0.05, 0) is 160 Å². The van der Waals surface area contributed by atoms with Gasteiger partial charge in [0.15, 0.2) is 34.9 Å². The van der Waals surface area contributed by atoms with Gasteiger partial charge in [-0.1, -0.05) is 334 Å².